The third-order valence-corrected chi connectivity index (χ3v) is 15.4. The molecule has 1 aliphatic carbocycles. The fraction of sp³-hybridized carbons (Fsp3) is 0.0149. The fourth-order valence-electron chi connectivity index (χ4n) is 11.0. The van der Waals surface area contributed by atoms with Gasteiger partial charge in [0.15, 0.2) is 0 Å². The van der Waals surface area contributed by atoms with Gasteiger partial charge < -0.3 is 4.90 Å². The van der Waals surface area contributed by atoms with Gasteiger partial charge in [-0.3, -0.25) is 0 Å². The van der Waals surface area contributed by atoms with E-state index in [9.17, 15) is 0 Å². The predicted molar refractivity (Wildman–Crippen MR) is 293 cm³/mol. The lowest BCUT2D eigenvalue weighted by Crippen LogP contribution is -2.28. The van der Waals surface area contributed by atoms with Crippen LogP contribution < -0.4 is 4.90 Å². The number of rotatable bonds is 9. The number of para-hydroxylation sites is 1. The van der Waals surface area contributed by atoms with Crippen LogP contribution in [0.2, 0.25) is 0 Å². The molecule has 324 valence electrons. The molecule has 0 N–H and O–H groups in total. The molecule has 1 aliphatic rings. The van der Waals surface area contributed by atoms with Crippen molar-refractivity contribution in [1.29, 1.82) is 0 Å². The lowest BCUT2D eigenvalue weighted by Gasteiger charge is -2.34. The van der Waals surface area contributed by atoms with Crippen LogP contribution in [0.1, 0.15) is 22.3 Å². The van der Waals surface area contributed by atoms with E-state index in [0.29, 0.717) is 0 Å². The molecular weight excluding hydrogens is 851 g/mol. The Morgan fingerprint density at radius 1 is 0.290 bits per heavy atom. The molecule has 1 nitrogen and oxygen atoms in total. The number of hydrogen-bond acceptors (Lipinski definition) is 2. The van der Waals surface area contributed by atoms with Gasteiger partial charge in [0.25, 0.3) is 0 Å². The average Bonchev–Trinajstić information content (AvgIpc) is 3.96. The molecule has 1 aromatic heterocycles. The Labute approximate surface area is 407 Å². The molecule has 0 aliphatic heterocycles. The predicted octanol–water partition coefficient (Wildman–Crippen LogP) is 18.6. The first kappa shape index (κ1) is 40.7. The highest BCUT2D eigenvalue weighted by Gasteiger charge is 2.45. The zero-order valence-corrected chi connectivity index (χ0v) is 38.7. The zero-order valence-electron chi connectivity index (χ0n) is 37.8. The Bertz CT molecular complexity index is 3770. The van der Waals surface area contributed by atoms with E-state index in [2.05, 4.69) is 278 Å². The van der Waals surface area contributed by atoms with E-state index in [1.165, 1.54) is 86.9 Å². The zero-order chi connectivity index (χ0) is 45.7. The van der Waals surface area contributed by atoms with Gasteiger partial charge in [-0.05, 0) is 115 Å². The van der Waals surface area contributed by atoms with Gasteiger partial charge in [-0.15, -0.1) is 11.3 Å². The summed E-state index contributed by atoms with van der Waals surface area (Å²) < 4.78 is 2.65. The van der Waals surface area contributed by atoms with Crippen LogP contribution >= 0.6 is 11.3 Å². The van der Waals surface area contributed by atoms with Crippen LogP contribution in [0.5, 0.6) is 0 Å². The number of benzene rings is 11. The Hall–Kier alpha value is -8.56. The first-order chi connectivity index (χ1) is 34.2. The van der Waals surface area contributed by atoms with Gasteiger partial charge in [0, 0.05) is 37.1 Å². The van der Waals surface area contributed by atoms with Crippen molar-refractivity contribution in [3.8, 4) is 55.6 Å². The third kappa shape index (κ3) is 6.83. The normalized spacial score (nSPS) is 12.5. The monoisotopic (exact) mass is 895 g/mol. The summed E-state index contributed by atoms with van der Waals surface area (Å²) in [6.07, 6.45) is 0. The standard InChI is InChI=1S/C67H45NS/c1-3-17-46(18-4-1)47-33-35-49(36-34-47)56-23-9-13-31-64(56)68(54-41-37-48(38-42-54)50-19-15-20-51(45-50)57-27-16-28-61-60-26-10-14-32-65(60)69-66(57)61)55-43-39-53(40-44-55)67(52-21-5-2-6-22-52)62-29-11-7-24-58(62)59-25-8-12-30-63(59)67/h1-45H. The quantitative estimate of drug-likeness (QED) is 0.140. The molecule has 0 saturated carbocycles. The fourth-order valence-corrected chi connectivity index (χ4v) is 12.3. The molecule has 0 radical (unpaired) electrons. The van der Waals surface area contributed by atoms with E-state index in [0.717, 1.165) is 28.2 Å². The number of anilines is 3. The summed E-state index contributed by atoms with van der Waals surface area (Å²) in [6, 6.07) is 100. The van der Waals surface area contributed by atoms with Crippen LogP contribution in [0.25, 0.3) is 75.8 Å². The van der Waals surface area contributed by atoms with E-state index < -0.39 is 5.41 Å². The summed E-state index contributed by atoms with van der Waals surface area (Å²) in [4.78, 5) is 2.43. The Balaban J connectivity index is 0.933. The van der Waals surface area contributed by atoms with Crippen molar-refractivity contribution in [3.63, 3.8) is 0 Å². The second kappa shape index (κ2) is 16.9. The van der Waals surface area contributed by atoms with Gasteiger partial charge in [0.05, 0.1) is 11.1 Å². The molecular formula is C67H45NS. The number of nitrogens with zero attached hydrogens (tertiary/aromatic N) is 1. The lowest BCUT2D eigenvalue weighted by atomic mass is 9.68. The second-order valence-corrected chi connectivity index (χ2v) is 19.0. The Morgan fingerprint density at radius 3 is 1.48 bits per heavy atom. The van der Waals surface area contributed by atoms with Gasteiger partial charge in [-0.1, -0.05) is 231 Å². The Morgan fingerprint density at radius 2 is 0.754 bits per heavy atom. The summed E-state index contributed by atoms with van der Waals surface area (Å²) in [7, 11) is 0. The van der Waals surface area contributed by atoms with Crippen LogP contribution in [0.15, 0.2) is 273 Å². The van der Waals surface area contributed by atoms with E-state index in [1.54, 1.807) is 0 Å². The first-order valence-corrected chi connectivity index (χ1v) is 24.6. The van der Waals surface area contributed by atoms with E-state index in [-0.39, 0.29) is 0 Å². The van der Waals surface area contributed by atoms with Crippen molar-refractivity contribution < 1.29 is 0 Å². The maximum absolute atomic E-state index is 2.43. The number of thiophene rings is 1. The molecule has 69 heavy (non-hydrogen) atoms. The number of hydrogen-bond donors (Lipinski definition) is 0. The molecule has 11 aromatic carbocycles. The smallest absolute Gasteiger partial charge is 0.0713 e. The maximum Gasteiger partial charge on any atom is 0.0713 e. The molecule has 1 heterocycles. The van der Waals surface area contributed by atoms with E-state index in [4.69, 9.17) is 0 Å². The van der Waals surface area contributed by atoms with Gasteiger partial charge in [0.1, 0.15) is 0 Å². The van der Waals surface area contributed by atoms with Crippen LogP contribution in [-0.2, 0) is 5.41 Å². The van der Waals surface area contributed by atoms with Gasteiger partial charge in [-0.2, -0.15) is 0 Å². The molecule has 0 atom stereocenters. The average molecular weight is 896 g/mol. The third-order valence-electron chi connectivity index (χ3n) is 14.2. The van der Waals surface area contributed by atoms with Crippen molar-refractivity contribution in [2.75, 3.05) is 4.90 Å². The highest BCUT2D eigenvalue weighted by molar-refractivity contribution is 7.26. The van der Waals surface area contributed by atoms with E-state index in [1.807, 2.05) is 11.3 Å². The minimum Gasteiger partial charge on any atom is -0.310 e. The Kier molecular flexibility index (Phi) is 10.00. The maximum atomic E-state index is 2.43. The van der Waals surface area contributed by atoms with Gasteiger partial charge in [-0.25, -0.2) is 0 Å². The molecule has 12 aromatic rings. The molecule has 0 fully saturated rings. The summed E-state index contributed by atoms with van der Waals surface area (Å²) >= 11 is 1.88. The topological polar surface area (TPSA) is 3.24 Å². The van der Waals surface area contributed by atoms with Crippen molar-refractivity contribution >= 4 is 48.6 Å². The molecule has 0 unspecified atom stereocenters. The molecule has 2 heteroatoms. The van der Waals surface area contributed by atoms with Gasteiger partial charge in [0.2, 0.25) is 0 Å². The molecule has 13 rings (SSSR count). The summed E-state index contributed by atoms with van der Waals surface area (Å²) in [5.41, 5.74) is 20.1. The minimum atomic E-state index is -0.477. The van der Waals surface area contributed by atoms with Crippen molar-refractivity contribution in [2.45, 2.75) is 5.41 Å². The largest absolute Gasteiger partial charge is 0.310 e. The highest BCUT2D eigenvalue weighted by Crippen LogP contribution is 2.56. The van der Waals surface area contributed by atoms with Crippen LogP contribution in [0, 0.1) is 0 Å². The molecule has 0 saturated heterocycles. The van der Waals surface area contributed by atoms with Crippen molar-refractivity contribution in [3.05, 3.63) is 295 Å². The van der Waals surface area contributed by atoms with Crippen LogP contribution in [0.3, 0.4) is 0 Å². The molecule has 0 bridgehead atoms. The summed E-state index contributed by atoms with van der Waals surface area (Å²) in [6.45, 7) is 0. The van der Waals surface area contributed by atoms with Crippen LogP contribution in [-0.4, -0.2) is 0 Å². The van der Waals surface area contributed by atoms with Crippen LogP contribution in [0.4, 0.5) is 17.1 Å². The lowest BCUT2D eigenvalue weighted by molar-refractivity contribution is 0.768. The summed E-state index contributed by atoms with van der Waals surface area (Å²) in [5, 5.41) is 2.64. The number of fused-ring (bicyclic) bond motifs is 6. The second-order valence-electron chi connectivity index (χ2n) is 18.0. The first-order valence-electron chi connectivity index (χ1n) is 23.7. The summed E-state index contributed by atoms with van der Waals surface area (Å²) in [5.74, 6) is 0. The van der Waals surface area contributed by atoms with E-state index >= 15 is 0 Å². The van der Waals surface area contributed by atoms with Gasteiger partial charge >= 0.3 is 0 Å². The van der Waals surface area contributed by atoms with Crippen molar-refractivity contribution in [2.24, 2.45) is 0 Å². The van der Waals surface area contributed by atoms with Crippen molar-refractivity contribution in [1.82, 2.24) is 0 Å². The molecule has 0 amide bonds. The minimum absolute atomic E-state index is 0.477. The SMILES string of the molecule is c1ccc(-c2ccc(-c3ccccc3N(c3ccc(-c4cccc(-c5cccc6c5sc5ccccc56)c4)cc3)c3ccc(C4(c5ccccc5)c5ccccc5-c5ccccc54)cc3)cc2)cc1. The molecule has 0 spiro atoms. The highest BCUT2D eigenvalue weighted by atomic mass is 32.1.